The maximum absolute atomic E-state index is 11.8. The Bertz CT molecular complexity index is 659. The minimum Gasteiger partial charge on any atom is -0.497 e. The summed E-state index contributed by atoms with van der Waals surface area (Å²) in [5, 5.41) is 13.2. The Hall–Kier alpha value is -2.33. The molecule has 4 N–H and O–H groups in total. The van der Waals surface area contributed by atoms with E-state index in [-0.39, 0.29) is 5.75 Å². The molecule has 1 heterocycles. The third-order valence-corrected chi connectivity index (χ3v) is 4.31. The summed E-state index contributed by atoms with van der Waals surface area (Å²) in [7, 11) is 1.57. The number of nitrogens with two attached hydrogens (primary N) is 1. The van der Waals surface area contributed by atoms with Gasteiger partial charge in [0.05, 0.1) is 12.9 Å². The van der Waals surface area contributed by atoms with E-state index in [1.807, 2.05) is 0 Å². The number of anilines is 2. The van der Waals surface area contributed by atoms with Crippen molar-refractivity contribution in [3.05, 3.63) is 24.3 Å². The number of amides is 3. The van der Waals surface area contributed by atoms with Gasteiger partial charge < -0.3 is 15.8 Å². The van der Waals surface area contributed by atoms with Gasteiger partial charge in [0.15, 0.2) is 4.34 Å². The van der Waals surface area contributed by atoms with Crippen LogP contribution in [0.1, 0.15) is 0 Å². The minimum atomic E-state index is -0.438. The average molecular weight is 339 g/mol. The highest BCUT2D eigenvalue weighted by Gasteiger charge is 2.09. The van der Waals surface area contributed by atoms with Gasteiger partial charge in [0.25, 0.3) is 0 Å². The molecule has 2 rings (SSSR count). The second-order valence-corrected chi connectivity index (χ2v) is 6.14. The van der Waals surface area contributed by atoms with Crippen molar-refractivity contribution in [1.29, 1.82) is 0 Å². The first-order valence-electron chi connectivity index (χ1n) is 6.03. The fourth-order valence-electron chi connectivity index (χ4n) is 1.39. The van der Waals surface area contributed by atoms with E-state index in [0.29, 0.717) is 20.9 Å². The fraction of sp³-hybridized carbons (Fsp3) is 0.167. The maximum atomic E-state index is 11.8. The quantitative estimate of drug-likeness (QED) is 0.545. The van der Waals surface area contributed by atoms with E-state index in [1.165, 1.54) is 11.8 Å². The molecule has 22 heavy (non-hydrogen) atoms. The summed E-state index contributed by atoms with van der Waals surface area (Å²) < 4.78 is 5.59. The van der Waals surface area contributed by atoms with Crippen LogP contribution in [-0.4, -0.2) is 35.0 Å². The van der Waals surface area contributed by atoms with Gasteiger partial charge in [-0.1, -0.05) is 23.1 Å². The number of ether oxygens (including phenoxy) is 1. The van der Waals surface area contributed by atoms with Crippen molar-refractivity contribution in [3.63, 3.8) is 0 Å². The molecule has 0 bridgehead atoms. The molecule has 2 aromatic rings. The largest absolute Gasteiger partial charge is 0.497 e. The number of primary amides is 1. The molecule has 0 aliphatic carbocycles. The van der Waals surface area contributed by atoms with Gasteiger partial charge in [-0.05, 0) is 24.3 Å². The van der Waals surface area contributed by atoms with Crippen molar-refractivity contribution >= 4 is 45.9 Å². The summed E-state index contributed by atoms with van der Waals surface area (Å²) in [5.74, 6) is 0.380. The van der Waals surface area contributed by atoms with Gasteiger partial charge in [-0.25, -0.2) is 4.79 Å². The predicted octanol–water partition coefficient (Wildman–Crippen LogP) is 1.77. The van der Waals surface area contributed by atoms with Crippen molar-refractivity contribution < 1.29 is 14.3 Å². The van der Waals surface area contributed by atoms with E-state index in [1.54, 1.807) is 31.4 Å². The lowest BCUT2D eigenvalue weighted by molar-refractivity contribution is -0.115. The average Bonchev–Trinajstić information content (AvgIpc) is 2.93. The van der Waals surface area contributed by atoms with Gasteiger partial charge in [0, 0.05) is 5.69 Å². The van der Waals surface area contributed by atoms with E-state index >= 15 is 0 Å². The molecule has 0 aliphatic rings. The third-order valence-electron chi connectivity index (χ3n) is 2.31. The number of thioether (sulfide) groups is 1. The molecule has 0 aliphatic heterocycles. The smallest absolute Gasteiger partial charge is 0.325 e. The predicted molar refractivity (Wildman–Crippen MR) is 85.5 cm³/mol. The number of carbonyl (C=O) groups is 2. The molecule has 0 fully saturated rings. The number of hydrogen-bond acceptors (Lipinski definition) is 7. The van der Waals surface area contributed by atoms with Gasteiger partial charge in [0.1, 0.15) is 5.75 Å². The molecule has 116 valence electrons. The van der Waals surface area contributed by atoms with Crippen molar-refractivity contribution in [1.82, 2.24) is 10.2 Å². The first-order valence-corrected chi connectivity index (χ1v) is 7.83. The van der Waals surface area contributed by atoms with Crippen LogP contribution in [0.25, 0.3) is 0 Å². The first kappa shape index (κ1) is 16.0. The van der Waals surface area contributed by atoms with Crippen LogP contribution in [0.5, 0.6) is 5.75 Å². The molecule has 0 spiro atoms. The van der Waals surface area contributed by atoms with E-state index in [0.717, 1.165) is 11.3 Å². The van der Waals surface area contributed by atoms with E-state index < -0.39 is 11.9 Å². The Labute approximate surface area is 134 Å². The summed E-state index contributed by atoms with van der Waals surface area (Å²) in [5.41, 5.74) is 5.66. The van der Waals surface area contributed by atoms with Gasteiger partial charge in [-0.2, -0.15) is 0 Å². The van der Waals surface area contributed by atoms with Crippen LogP contribution in [0.4, 0.5) is 15.6 Å². The normalized spacial score (nSPS) is 10.0. The molecule has 0 saturated heterocycles. The second kappa shape index (κ2) is 7.61. The maximum Gasteiger partial charge on any atom is 0.325 e. The molecule has 0 unspecified atom stereocenters. The van der Waals surface area contributed by atoms with Gasteiger partial charge >= 0.3 is 6.03 Å². The van der Waals surface area contributed by atoms with Crippen molar-refractivity contribution in [2.75, 3.05) is 23.5 Å². The SMILES string of the molecule is COc1ccc(NC(=O)Nc2nnc(SCC(N)=O)s2)cc1. The number of nitrogens with one attached hydrogen (secondary N) is 2. The molecular formula is C12H13N5O3S2. The molecule has 8 nitrogen and oxygen atoms in total. The minimum absolute atomic E-state index is 0.118. The van der Waals surface area contributed by atoms with Crippen molar-refractivity contribution in [3.8, 4) is 5.75 Å². The van der Waals surface area contributed by atoms with Crippen LogP contribution < -0.4 is 21.1 Å². The zero-order valence-electron chi connectivity index (χ0n) is 11.5. The van der Waals surface area contributed by atoms with Gasteiger partial charge in [0.2, 0.25) is 11.0 Å². The molecule has 0 atom stereocenters. The molecule has 1 aromatic carbocycles. The van der Waals surface area contributed by atoms with Crippen LogP contribution in [0.15, 0.2) is 28.6 Å². The Morgan fingerprint density at radius 2 is 2.00 bits per heavy atom. The number of rotatable bonds is 6. The lowest BCUT2D eigenvalue weighted by Gasteiger charge is -2.05. The van der Waals surface area contributed by atoms with Crippen LogP contribution in [0, 0.1) is 0 Å². The highest BCUT2D eigenvalue weighted by molar-refractivity contribution is 8.01. The van der Waals surface area contributed by atoms with Crippen LogP contribution in [-0.2, 0) is 4.79 Å². The summed E-state index contributed by atoms with van der Waals surface area (Å²) in [6.45, 7) is 0. The summed E-state index contributed by atoms with van der Waals surface area (Å²) >= 11 is 2.33. The van der Waals surface area contributed by atoms with Crippen molar-refractivity contribution in [2.45, 2.75) is 4.34 Å². The second-order valence-electron chi connectivity index (χ2n) is 3.94. The highest BCUT2D eigenvalue weighted by atomic mass is 32.2. The number of carbonyl (C=O) groups excluding carboxylic acids is 2. The van der Waals surface area contributed by atoms with Crippen LogP contribution in [0.3, 0.4) is 0 Å². The Balaban J connectivity index is 1.87. The number of aromatic nitrogens is 2. The standard InChI is InChI=1S/C12H13N5O3S2/c1-20-8-4-2-7(3-5-8)14-10(19)15-11-16-17-12(22-11)21-6-9(13)18/h2-5H,6H2,1H3,(H2,13,18)(H2,14,15,16,19). The van der Waals surface area contributed by atoms with E-state index in [2.05, 4.69) is 20.8 Å². The van der Waals surface area contributed by atoms with E-state index in [4.69, 9.17) is 10.5 Å². The molecule has 1 aromatic heterocycles. The summed E-state index contributed by atoms with van der Waals surface area (Å²) in [6.07, 6.45) is 0. The molecule has 10 heteroatoms. The third kappa shape index (κ3) is 4.90. The number of hydrogen-bond donors (Lipinski definition) is 3. The van der Waals surface area contributed by atoms with Crippen LogP contribution >= 0.6 is 23.1 Å². The lowest BCUT2D eigenvalue weighted by Crippen LogP contribution is -2.19. The Kier molecular flexibility index (Phi) is 5.55. The summed E-state index contributed by atoms with van der Waals surface area (Å²) in [4.78, 5) is 22.5. The fourth-order valence-corrected chi connectivity index (χ4v) is 2.87. The Morgan fingerprint density at radius 3 is 2.64 bits per heavy atom. The number of urea groups is 1. The van der Waals surface area contributed by atoms with Crippen molar-refractivity contribution in [2.24, 2.45) is 5.73 Å². The molecule has 0 radical (unpaired) electrons. The topological polar surface area (TPSA) is 119 Å². The monoisotopic (exact) mass is 339 g/mol. The van der Waals surface area contributed by atoms with Gasteiger partial charge in [-0.3, -0.25) is 10.1 Å². The first-order chi connectivity index (χ1) is 10.6. The molecule has 3 amide bonds. The molecule has 0 saturated carbocycles. The number of methoxy groups -OCH3 is 1. The number of benzene rings is 1. The zero-order chi connectivity index (χ0) is 15.9. The molecular weight excluding hydrogens is 326 g/mol. The van der Waals surface area contributed by atoms with Crippen LogP contribution in [0.2, 0.25) is 0 Å². The highest BCUT2D eigenvalue weighted by Crippen LogP contribution is 2.25. The Morgan fingerprint density at radius 1 is 1.27 bits per heavy atom. The van der Waals surface area contributed by atoms with E-state index in [9.17, 15) is 9.59 Å². The zero-order valence-corrected chi connectivity index (χ0v) is 13.2. The number of nitrogens with zero attached hydrogens (tertiary/aromatic N) is 2. The lowest BCUT2D eigenvalue weighted by atomic mass is 10.3. The summed E-state index contributed by atoms with van der Waals surface area (Å²) in [6, 6.07) is 6.46. The van der Waals surface area contributed by atoms with Gasteiger partial charge in [-0.15, -0.1) is 10.2 Å².